The molecule has 0 unspecified atom stereocenters. The van der Waals surface area contributed by atoms with Gasteiger partial charge < -0.3 is 14.8 Å². The number of carbonyl (C=O) groups excluding carboxylic acids is 1. The lowest BCUT2D eigenvalue weighted by Gasteiger charge is -2.20. The molecule has 1 aliphatic rings. The number of ether oxygens (including phenoxy) is 2. The van der Waals surface area contributed by atoms with Crippen molar-refractivity contribution in [3.63, 3.8) is 0 Å². The van der Waals surface area contributed by atoms with E-state index < -0.39 is 0 Å². The van der Waals surface area contributed by atoms with Gasteiger partial charge in [-0.1, -0.05) is 11.6 Å². The van der Waals surface area contributed by atoms with Gasteiger partial charge in [0.25, 0.3) is 5.78 Å². The molecule has 8 nitrogen and oxygen atoms in total. The van der Waals surface area contributed by atoms with Crippen molar-refractivity contribution in [1.82, 2.24) is 24.9 Å². The van der Waals surface area contributed by atoms with E-state index in [4.69, 9.17) is 21.1 Å². The van der Waals surface area contributed by atoms with E-state index in [0.717, 1.165) is 22.5 Å². The molecule has 1 amide bonds. The number of nitrogens with zero attached hydrogens (tertiary/aromatic N) is 4. The third kappa shape index (κ3) is 4.12. The summed E-state index contributed by atoms with van der Waals surface area (Å²) in [5, 5.41) is 7.68. The smallest absolute Gasteiger partial charge is 0.252 e. The van der Waals surface area contributed by atoms with Crippen LogP contribution in [0.25, 0.3) is 5.78 Å². The molecule has 0 fully saturated rings. The van der Waals surface area contributed by atoms with Gasteiger partial charge in [-0.3, -0.25) is 4.79 Å². The molecule has 0 atom stereocenters. The third-order valence-corrected chi connectivity index (χ3v) is 5.26. The van der Waals surface area contributed by atoms with E-state index in [1.807, 2.05) is 26.0 Å². The number of hydrogen-bond acceptors (Lipinski definition) is 6. The molecule has 3 heterocycles. The predicted octanol–water partition coefficient (Wildman–Crippen LogP) is 2.46. The molecule has 29 heavy (non-hydrogen) atoms. The first-order chi connectivity index (χ1) is 14.0. The van der Waals surface area contributed by atoms with Gasteiger partial charge in [0.2, 0.25) is 5.91 Å². The lowest BCUT2D eigenvalue weighted by atomic mass is 10.1. The number of nitrogens with one attached hydrogen (secondary N) is 1. The number of rotatable bonds is 6. The van der Waals surface area contributed by atoms with Crippen molar-refractivity contribution in [1.29, 1.82) is 0 Å². The summed E-state index contributed by atoms with van der Waals surface area (Å²) in [5.41, 5.74) is 3.86. The number of benzene rings is 1. The monoisotopic (exact) mass is 415 g/mol. The van der Waals surface area contributed by atoms with Crippen LogP contribution in [-0.2, 0) is 17.6 Å². The second kappa shape index (κ2) is 8.24. The lowest BCUT2D eigenvalue weighted by Crippen LogP contribution is -2.26. The maximum atomic E-state index is 12.3. The standard InChI is InChI=1S/C20H22ClN5O3/c1-12-15(13(2)26-20(25-12)23-11-24-26)3-4-18(27)22-6-5-14-9-16(21)19-17(10-14)28-7-8-29-19/h9-11H,3-8H2,1-2H3,(H,22,27). The molecule has 0 saturated heterocycles. The van der Waals surface area contributed by atoms with E-state index in [0.29, 0.717) is 61.3 Å². The van der Waals surface area contributed by atoms with Crippen molar-refractivity contribution in [3.8, 4) is 11.5 Å². The van der Waals surface area contributed by atoms with Crippen LogP contribution >= 0.6 is 11.6 Å². The summed E-state index contributed by atoms with van der Waals surface area (Å²) < 4.78 is 12.8. The van der Waals surface area contributed by atoms with Crippen LogP contribution in [0.1, 0.15) is 28.9 Å². The Balaban J connectivity index is 1.31. The summed E-state index contributed by atoms with van der Waals surface area (Å²) in [4.78, 5) is 20.9. The summed E-state index contributed by atoms with van der Waals surface area (Å²) in [6, 6.07) is 3.77. The highest BCUT2D eigenvalue weighted by atomic mass is 35.5. The van der Waals surface area contributed by atoms with Crippen LogP contribution in [0.15, 0.2) is 18.5 Å². The van der Waals surface area contributed by atoms with Crippen LogP contribution < -0.4 is 14.8 Å². The first-order valence-electron chi connectivity index (χ1n) is 9.53. The highest BCUT2D eigenvalue weighted by Gasteiger charge is 2.17. The fraction of sp³-hybridized carbons (Fsp3) is 0.400. The minimum atomic E-state index is -0.00822. The SMILES string of the molecule is Cc1nc2ncnn2c(C)c1CCC(=O)NCCc1cc(Cl)c2c(c1)OCCO2. The molecule has 1 N–H and O–H groups in total. The van der Waals surface area contributed by atoms with Crippen LogP contribution in [0.5, 0.6) is 11.5 Å². The first kappa shape index (κ1) is 19.4. The fourth-order valence-corrected chi connectivity index (χ4v) is 3.79. The Hall–Kier alpha value is -2.87. The number of aromatic nitrogens is 4. The van der Waals surface area contributed by atoms with E-state index in [1.54, 1.807) is 4.52 Å². The fourth-order valence-electron chi connectivity index (χ4n) is 3.50. The lowest BCUT2D eigenvalue weighted by molar-refractivity contribution is -0.121. The Morgan fingerprint density at radius 3 is 2.93 bits per heavy atom. The number of fused-ring (bicyclic) bond motifs is 2. The van der Waals surface area contributed by atoms with Crippen LogP contribution in [0.3, 0.4) is 0 Å². The van der Waals surface area contributed by atoms with Crippen molar-refractivity contribution in [3.05, 3.63) is 46.0 Å². The van der Waals surface area contributed by atoms with Gasteiger partial charge >= 0.3 is 0 Å². The highest BCUT2D eigenvalue weighted by Crippen LogP contribution is 2.38. The van der Waals surface area contributed by atoms with Crippen molar-refractivity contribution in [2.45, 2.75) is 33.1 Å². The Labute approximate surface area is 173 Å². The molecule has 3 aromatic rings. The summed E-state index contributed by atoms with van der Waals surface area (Å²) in [6.07, 6.45) is 3.12. The van der Waals surface area contributed by atoms with Gasteiger partial charge in [0.05, 0.1) is 5.02 Å². The summed E-state index contributed by atoms with van der Waals surface area (Å²) in [5.74, 6) is 1.82. The Kier molecular flexibility index (Phi) is 5.53. The zero-order chi connectivity index (χ0) is 20.4. The number of carbonyl (C=O) groups is 1. The number of amides is 1. The highest BCUT2D eigenvalue weighted by molar-refractivity contribution is 6.32. The quantitative estimate of drug-likeness (QED) is 0.665. The summed E-state index contributed by atoms with van der Waals surface area (Å²) in [6.45, 7) is 5.43. The average Bonchev–Trinajstić information content (AvgIpc) is 3.16. The molecule has 0 radical (unpaired) electrons. The van der Waals surface area contributed by atoms with Gasteiger partial charge in [0.1, 0.15) is 19.5 Å². The second-order valence-electron chi connectivity index (χ2n) is 6.93. The van der Waals surface area contributed by atoms with E-state index in [9.17, 15) is 4.79 Å². The molecule has 4 rings (SSSR count). The van der Waals surface area contributed by atoms with Crippen LogP contribution in [0.4, 0.5) is 0 Å². The normalized spacial score (nSPS) is 12.9. The molecule has 152 valence electrons. The first-order valence-corrected chi connectivity index (χ1v) is 9.91. The number of hydrogen-bond donors (Lipinski definition) is 1. The molecule has 0 spiro atoms. The molecular weight excluding hydrogens is 394 g/mol. The third-order valence-electron chi connectivity index (χ3n) is 4.98. The van der Waals surface area contributed by atoms with Crippen LogP contribution in [0.2, 0.25) is 5.02 Å². The van der Waals surface area contributed by atoms with Gasteiger partial charge in [0.15, 0.2) is 11.5 Å². The molecular formula is C20H22ClN5O3. The van der Waals surface area contributed by atoms with E-state index in [2.05, 4.69) is 20.4 Å². The van der Waals surface area contributed by atoms with E-state index in [1.165, 1.54) is 6.33 Å². The maximum Gasteiger partial charge on any atom is 0.252 e. The zero-order valence-corrected chi connectivity index (χ0v) is 17.1. The van der Waals surface area contributed by atoms with Crippen LogP contribution in [0, 0.1) is 13.8 Å². The van der Waals surface area contributed by atoms with E-state index in [-0.39, 0.29) is 5.91 Å². The molecule has 1 aliphatic heterocycles. The Bertz CT molecular complexity index is 1070. The molecule has 2 aromatic heterocycles. The zero-order valence-electron chi connectivity index (χ0n) is 16.4. The van der Waals surface area contributed by atoms with Crippen molar-refractivity contribution in [2.75, 3.05) is 19.8 Å². The predicted molar refractivity (Wildman–Crippen MR) is 108 cm³/mol. The largest absolute Gasteiger partial charge is 0.486 e. The van der Waals surface area contributed by atoms with Crippen molar-refractivity contribution < 1.29 is 14.3 Å². The van der Waals surface area contributed by atoms with Crippen molar-refractivity contribution >= 4 is 23.3 Å². The Morgan fingerprint density at radius 1 is 1.24 bits per heavy atom. The van der Waals surface area contributed by atoms with Gasteiger partial charge in [-0.25, -0.2) is 9.50 Å². The summed E-state index contributed by atoms with van der Waals surface area (Å²) in [7, 11) is 0. The minimum absolute atomic E-state index is 0.00822. The van der Waals surface area contributed by atoms with Gasteiger partial charge in [-0.2, -0.15) is 10.1 Å². The topological polar surface area (TPSA) is 90.6 Å². The second-order valence-corrected chi connectivity index (χ2v) is 7.34. The molecule has 9 heteroatoms. The average molecular weight is 416 g/mol. The van der Waals surface area contributed by atoms with Gasteiger partial charge in [-0.05, 0) is 49.9 Å². The minimum Gasteiger partial charge on any atom is -0.486 e. The molecule has 0 saturated carbocycles. The summed E-state index contributed by atoms with van der Waals surface area (Å²) >= 11 is 6.26. The van der Waals surface area contributed by atoms with Crippen molar-refractivity contribution in [2.24, 2.45) is 0 Å². The van der Waals surface area contributed by atoms with Gasteiger partial charge in [0, 0.05) is 24.4 Å². The molecule has 0 aliphatic carbocycles. The van der Waals surface area contributed by atoms with E-state index >= 15 is 0 Å². The molecule has 1 aromatic carbocycles. The van der Waals surface area contributed by atoms with Gasteiger partial charge in [-0.15, -0.1) is 0 Å². The van der Waals surface area contributed by atoms with Crippen LogP contribution in [-0.4, -0.2) is 45.2 Å². The Morgan fingerprint density at radius 2 is 2.07 bits per heavy atom. The number of aryl methyl sites for hydroxylation is 2. The number of halogens is 1. The molecule has 0 bridgehead atoms. The maximum absolute atomic E-state index is 12.3.